The van der Waals surface area contributed by atoms with Crippen LogP contribution in [0.3, 0.4) is 0 Å². The van der Waals surface area contributed by atoms with E-state index in [9.17, 15) is 9.59 Å². The van der Waals surface area contributed by atoms with Crippen LogP contribution in [0.15, 0.2) is 36.4 Å². The van der Waals surface area contributed by atoms with Gasteiger partial charge >= 0.3 is 5.97 Å². The van der Waals surface area contributed by atoms with Crippen LogP contribution in [0.2, 0.25) is 0 Å². The van der Waals surface area contributed by atoms with E-state index >= 15 is 0 Å². The maximum atomic E-state index is 12.3. The smallest absolute Gasteiger partial charge is 0.310 e. The van der Waals surface area contributed by atoms with Gasteiger partial charge in [0.1, 0.15) is 0 Å². The highest BCUT2D eigenvalue weighted by Crippen LogP contribution is 2.21. The first kappa shape index (κ1) is 14.2. The van der Waals surface area contributed by atoms with E-state index in [2.05, 4.69) is 27.3 Å². The topological polar surface area (TPSA) is 43.4 Å². The molecular weight excluding hydrogens is 375 g/mol. The van der Waals surface area contributed by atoms with Crippen molar-refractivity contribution in [3.8, 4) is 0 Å². The van der Waals surface area contributed by atoms with Crippen molar-refractivity contribution in [2.45, 2.75) is 6.42 Å². The Kier molecular flexibility index (Phi) is 4.71. The number of carbonyl (C=O) groups is 2. The molecule has 0 aliphatic heterocycles. The Balaban J connectivity index is 2.18. The largest absolute Gasteiger partial charge is 0.469 e. The summed E-state index contributed by atoms with van der Waals surface area (Å²) in [5.74, 6) is -0.310. The number of methoxy groups -OCH3 is 1. The summed E-state index contributed by atoms with van der Waals surface area (Å²) in [6.45, 7) is 0. The van der Waals surface area contributed by atoms with E-state index in [0.29, 0.717) is 10.4 Å². The van der Waals surface area contributed by atoms with Crippen molar-refractivity contribution >= 4 is 45.7 Å². The SMILES string of the molecule is COC(=O)Cc1ccc(C(=O)c2cccc(I)c2)s1. The zero-order valence-electron chi connectivity index (χ0n) is 10.2. The van der Waals surface area contributed by atoms with Crippen LogP contribution in [0, 0.1) is 3.57 Å². The molecule has 0 saturated carbocycles. The fourth-order valence-corrected chi connectivity index (χ4v) is 3.08. The Hall–Kier alpha value is -1.21. The lowest BCUT2D eigenvalue weighted by Crippen LogP contribution is -2.02. The summed E-state index contributed by atoms with van der Waals surface area (Å²) < 4.78 is 5.63. The fraction of sp³-hybridized carbons (Fsp3) is 0.143. The second-order valence-corrected chi connectivity index (χ2v) is 6.27. The van der Waals surface area contributed by atoms with Gasteiger partial charge in [-0.2, -0.15) is 0 Å². The van der Waals surface area contributed by atoms with E-state index in [-0.39, 0.29) is 18.2 Å². The molecule has 0 aliphatic carbocycles. The summed E-state index contributed by atoms with van der Waals surface area (Å²) in [5.41, 5.74) is 0.665. The van der Waals surface area contributed by atoms with Gasteiger partial charge in [0.05, 0.1) is 18.4 Å². The third kappa shape index (κ3) is 3.63. The number of rotatable bonds is 4. The number of hydrogen-bond donors (Lipinski definition) is 0. The Bertz CT molecular complexity index is 619. The van der Waals surface area contributed by atoms with Gasteiger partial charge in [-0.05, 0) is 46.9 Å². The highest BCUT2D eigenvalue weighted by atomic mass is 127. The number of ketones is 1. The van der Waals surface area contributed by atoms with Gasteiger partial charge in [0, 0.05) is 14.0 Å². The van der Waals surface area contributed by atoms with Crippen LogP contribution < -0.4 is 0 Å². The zero-order chi connectivity index (χ0) is 13.8. The minimum Gasteiger partial charge on any atom is -0.469 e. The highest BCUT2D eigenvalue weighted by Gasteiger charge is 2.13. The van der Waals surface area contributed by atoms with Gasteiger partial charge in [0.25, 0.3) is 0 Å². The Morgan fingerprint density at radius 1 is 1.26 bits per heavy atom. The first-order valence-corrected chi connectivity index (χ1v) is 7.45. The van der Waals surface area contributed by atoms with Crippen LogP contribution in [0.1, 0.15) is 20.1 Å². The molecule has 3 nitrogen and oxygen atoms in total. The number of carbonyl (C=O) groups excluding carboxylic acids is 2. The molecule has 0 unspecified atom stereocenters. The third-order valence-electron chi connectivity index (χ3n) is 2.52. The van der Waals surface area contributed by atoms with Crippen LogP contribution >= 0.6 is 33.9 Å². The Morgan fingerprint density at radius 2 is 2.05 bits per heavy atom. The molecule has 19 heavy (non-hydrogen) atoms. The lowest BCUT2D eigenvalue weighted by atomic mass is 10.1. The molecule has 0 fully saturated rings. The van der Waals surface area contributed by atoms with Crippen molar-refractivity contribution in [1.29, 1.82) is 0 Å². The van der Waals surface area contributed by atoms with Crippen LogP contribution in [0.5, 0.6) is 0 Å². The Labute approximate surface area is 128 Å². The quantitative estimate of drug-likeness (QED) is 0.460. The molecular formula is C14H11IO3S. The standard InChI is InChI=1S/C14H11IO3S/c1-18-13(16)8-11-5-6-12(19-11)14(17)9-3-2-4-10(15)7-9/h2-7H,8H2,1H3. The molecule has 0 radical (unpaired) electrons. The molecule has 0 aliphatic rings. The van der Waals surface area contributed by atoms with Crippen molar-refractivity contribution in [2.75, 3.05) is 7.11 Å². The van der Waals surface area contributed by atoms with Gasteiger partial charge in [-0.1, -0.05) is 12.1 Å². The zero-order valence-corrected chi connectivity index (χ0v) is 13.2. The van der Waals surface area contributed by atoms with E-state index in [1.807, 2.05) is 18.2 Å². The molecule has 0 N–H and O–H groups in total. The Morgan fingerprint density at radius 3 is 2.74 bits per heavy atom. The number of ether oxygens (including phenoxy) is 1. The highest BCUT2D eigenvalue weighted by molar-refractivity contribution is 14.1. The van der Waals surface area contributed by atoms with Gasteiger partial charge in [-0.15, -0.1) is 11.3 Å². The van der Waals surface area contributed by atoms with Crippen LogP contribution in [-0.4, -0.2) is 18.9 Å². The average Bonchev–Trinajstić information content (AvgIpc) is 2.86. The molecule has 0 spiro atoms. The third-order valence-corrected chi connectivity index (χ3v) is 4.27. The predicted molar refractivity (Wildman–Crippen MR) is 82.6 cm³/mol. The van der Waals surface area contributed by atoms with Gasteiger partial charge < -0.3 is 4.74 Å². The molecule has 2 aromatic rings. The second-order valence-electron chi connectivity index (χ2n) is 3.86. The summed E-state index contributed by atoms with van der Waals surface area (Å²) in [7, 11) is 1.36. The maximum absolute atomic E-state index is 12.3. The molecule has 0 saturated heterocycles. The van der Waals surface area contributed by atoms with E-state index < -0.39 is 0 Å². The van der Waals surface area contributed by atoms with Gasteiger partial charge in [0.2, 0.25) is 5.78 Å². The number of halogens is 1. The summed E-state index contributed by atoms with van der Waals surface area (Å²) in [5, 5.41) is 0. The summed E-state index contributed by atoms with van der Waals surface area (Å²) in [4.78, 5) is 24.9. The van der Waals surface area contributed by atoms with Crippen LogP contribution in [0.25, 0.3) is 0 Å². The number of esters is 1. The van der Waals surface area contributed by atoms with Crippen molar-refractivity contribution < 1.29 is 14.3 Å². The van der Waals surface area contributed by atoms with Crippen molar-refractivity contribution in [3.63, 3.8) is 0 Å². The van der Waals surface area contributed by atoms with Gasteiger partial charge in [-0.3, -0.25) is 9.59 Å². The molecule has 2 rings (SSSR count). The van der Waals surface area contributed by atoms with Crippen molar-refractivity contribution in [3.05, 3.63) is 55.3 Å². The van der Waals surface area contributed by atoms with Crippen LogP contribution in [0.4, 0.5) is 0 Å². The monoisotopic (exact) mass is 386 g/mol. The first-order chi connectivity index (χ1) is 9.10. The van der Waals surface area contributed by atoms with Crippen LogP contribution in [-0.2, 0) is 16.0 Å². The van der Waals surface area contributed by atoms with Gasteiger partial charge in [-0.25, -0.2) is 0 Å². The normalized spacial score (nSPS) is 10.2. The lowest BCUT2D eigenvalue weighted by Gasteiger charge is -1.99. The minimum atomic E-state index is -0.296. The van der Waals surface area contributed by atoms with E-state index in [1.165, 1.54) is 18.4 Å². The van der Waals surface area contributed by atoms with Crippen molar-refractivity contribution in [1.82, 2.24) is 0 Å². The summed E-state index contributed by atoms with van der Waals surface area (Å²) >= 11 is 3.51. The summed E-state index contributed by atoms with van der Waals surface area (Å²) in [6, 6.07) is 11.0. The second kappa shape index (κ2) is 6.29. The molecule has 1 aromatic carbocycles. The van der Waals surface area contributed by atoms with E-state index in [1.54, 1.807) is 18.2 Å². The molecule has 0 bridgehead atoms. The first-order valence-electron chi connectivity index (χ1n) is 5.56. The molecule has 5 heteroatoms. The molecule has 0 amide bonds. The van der Waals surface area contributed by atoms with E-state index in [0.717, 1.165) is 8.45 Å². The minimum absolute atomic E-state index is 0.0142. The number of benzene rings is 1. The molecule has 1 heterocycles. The van der Waals surface area contributed by atoms with E-state index in [4.69, 9.17) is 0 Å². The average molecular weight is 386 g/mol. The van der Waals surface area contributed by atoms with Crippen molar-refractivity contribution in [2.24, 2.45) is 0 Å². The number of hydrogen-bond acceptors (Lipinski definition) is 4. The predicted octanol–water partition coefficient (Wildman–Crippen LogP) is 3.30. The number of thiophene rings is 1. The maximum Gasteiger partial charge on any atom is 0.310 e. The summed E-state index contributed by atoms with van der Waals surface area (Å²) in [6.07, 6.45) is 0.209. The fourth-order valence-electron chi connectivity index (χ4n) is 1.58. The lowest BCUT2D eigenvalue weighted by molar-refractivity contribution is -0.139. The molecule has 1 aromatic heterocycles. The van der Waals surface area contributed by atoms with Gasteiger partial charge in [0.15, 0.2) is 0 Å². The molecule has 98 valence electrons. The molecule has 0 atom stereocenters.